The standard InChI is InChI=1S/C11H14N2O4/c1-10-2-3-11(17-10,4-5(12)14)7-6(10)8(15)13-9(7)16/h13,15-16H,2-4H2,1H3,(H2,12,14). The molecule has 1 saturated heterocycles. The van der Waals surface area contributed by atoms with Gasteiger partial charge in [-0.15, -0.1) is 0 Å². The highest BCUT2D eigenvalue weighted by Crippen LogP contribution is 2.64. The van der Waals surface area contributed by atoms with Gasteiger partial charge >= 0.3 is 0 Å². The number of carbonyl (C=O) groups is 1. The maximum absolute atomic E-state index is 11.2. The fourth-order valence-electron chi connectivity index (χ4n) is 3.25. The van der Waals surface area contributed by atoms with Gasteiger partial charge in [0, 0.05) is 0 Å². The van der Waals surface area contributed by atoms with Crippen LogP contribution in [0.25, 0.3) is 0 Å². The van der Waals surface area contributed by atoms with E-state index in [1.54, 1.807) is 0 Å². The lowest BCUT2D eigenvalue weighted by molar-refractivity contribution is -0.129. The van der Waals surface area contributed by atoms with E-state index in [9.17, 15) is 15.0 Å². The molecule has 0 aliphatic carbocycles. The van der Waals surface area contributed by atoms with Crippen molar-refractivity contribution in [1.82, 2.24) is 4.98 Å². The predicted octanol–water partition coefficient (Wildman–Crippen LogP) is 0.536. The van der Waals surface area contributed by atoms with Gasteiger partial charge in [0.1, 0.15) is 5.60 Å². The quantitative estimate of drug-likeness (QED) is 0.602. The molecule has 92 valence electrons. The van der Waals surface area contributed by atoms with E-state index < -0.39 is 17.1 Å². The van der Waals surface area contributed by atoms with Crippen LogP contribution < -0.4 is 5.73 Å². The summed E-state index contributed by atoms with van der Waals surface area (Å²) in [6, 6.07) is 0. The molecule has 2 atom stereocenters. The molecule has 0 saturated carbocycles. The van der Waals surface area contributed by atoms with Gasteiger partial charge in [-0.3, -0.25) is 9.78 Å². The van der Waals surface area contributed by atoms with E-state index in [1.807, 2.05) is 6.92 Å². The van der Waals surface area contributed by atoms with E-state index >= 15 is 0 Å². The van der Waals surface area contributed by atoms with Gasteiger partial charge in [-0.2, -0.15) is 0 Å². The Morgan fingerprint density at radius 1 is 1.41 bits per heavy atom. The number of aromatic hydroxyl groups is 2. The Morgan fingerprint density at radius 3 is 2.71 bits per heavy atom. The van der Waals surface area contributed by atoms with Gasteiger partial charge in [-0.25, -0.2) is 0 Å². The zero-order chi connectivity index (χ0) is 12.4. The van der Waals surface area contributed by atoms with Crippen LogP contribution in [-0.2, 0) is 20.7 Å². The van der Waals surface area contributed by atoms with Crippen molar-refractivity contribution in [3.05, 3.63) is 11.1 Å². The molecule has 2 bridgehead atoms. The highest BCUT2D eigenvalue weighted by atomic mass is 16.5. The number of primary amides is 1. The number of carbonyl (C=O) groups excluding carboxylic acids is 1. The van der Waals surface area contributed by atoms with Crippen LogP contribution in [0.15, 0.2) is 0 Å². The van der Waals surface area contributed by atoms with Crippen LogP contribution in [0.4, 0.5) is 0 Å². The summed E-state index contributed by atoms with van der Waals surface area (Å²) in [5, 5.41) is 19.6. The third-order valence-electron chi connectivity index (χ3n) is 3.83. The first-order valence-electron chi connectivity index (χ1n) is 5.51. The average Bonchev–Trinajstić information content (AvgIpc) is 2.74. The molecule has 1 fully saturated rings. The second kappa shape index (κ2) is 2.76. The summed E-state index contributed by atoms with van der Waals surface area (Å²) < 4.78 is 5.89. The van der Waals surface area contributed by atoms with Crippen molar-refractivity contribution >= 4 is 5.91 Å². The normalized spacial score (nSPS) is 33.9. The Hall–Kier alpha value is -1.69. The van der Waals surface area contributed by atoms with Gasteiger partial charge in [0.15, 0.2) is 11.8 Å². The van der Waals surface area contributed by atoms with Gasteiger partial charge < -0.3 is 20.7 Å². The number of ether oxygens (including phenoxy) is 1. The Morgan fingerprint density at radius 2 is 2.06 bits per heavy atom. The Labute approximate surface area is 97.4 Å². The van der Waals surface area contributed by atoms with Gasteiger partial charge in [0.2, 0.25) is 5.91 Å². The number of rotatable bonds is 2. The van der Waals surface area contributed by atoms with Crippen molar-refractivity contribution in [2.24, 2.45) is 5.73 Å². The Bertz CT molecular complexity index is 524. The predicted molar refractivity (Wildman–Crippen MR) is 57.3 cm³/mol. The molecule has 0 radical (unpaired) electrons. The van der Waals surface area contributed by atoms with Crippen LogP contribution in [0.5, 0.6) is 11.8 Å². The minimum absolute atomic E-state index is 0.0143. The number of H-pyrrole nitrogens is 1. The molecule has 6 nitrogen and oxygen atoms in total. The molecule has 2 aliphatic heterocycles. The number of hydrogen-bond acceptors (Lipinski definition) is 4. The van der Waals surface area contributed by atoms with Crippen LogP contribution in [0.3, 0.4) is 0 Å². The lowest BCUT2D eigenvalue weighted by Gasteiger charge is -2.23. The summed E-state index contributed by atoms with van der Waals surface area (Å²) in [7, 11) is 0. The molecular formula is C11H14N2O4. The first-order chi connectivity index (χ1) is 7.88. The van der Waals surface area contributed by atoms with Crippen molar-refractivity contribution in [2.45, 2.75) is 37.4 Å². The maximum Gasteiger partial charge on any atom is 0.220 e. The van der Waals surface area contributed by atoms with Crippen molar-refractivity contribution in [1.29, 1.82) is 0 Å². The number of amides is 1. The number of aromatic nitrogens is 1. The van der Waals surface area contributed by atoms with Crippen LogP contribution in [-0.4, -0.2) is 21.1 Å². The van der Waals surface area contributed by atoms with Crippen molar-refractivity contribution in [2.75, 3.05) is 0 Å². The molecular weight excluding hydrogens is 224 g/mol. The zero-order valence-corrected chi connectivity index (χ0v) is 9.41. The van der Waals surface area contributed by atoms with Gasteiger partial charge in [0.05, 0.1) is 23.1 Å². The monoisotopic (exact) mass is 238 g/mol. The summed E-state index contributed by atoms with van der Waals surface area (Å²) >= 11 is 0. The van der Waals surface area contributed by atoms with Crippen LogP contribution in [0, 0.1) is 0 Å². The number of hydrogen-bond donors (Lipinski definition) is 4. The first-order valence-corrected chi connectivity index (χ1v) is 5.51. The molecule has 3 heterocycles. The molecule has 2 aliphatic rings. The van der Waals surface area contributed by atoms with E-state index in [2.05, 4.69) is 4.98 Å². The minimum Gasteiger partial charge on any atom is -0.494 e. The molecule has 17 heavy (non-hydrogen) atoms. The third-order valence-corrected chi connectivity index (χ3v) is 3.83. The molecule has 1 aromatic heterocycles. The van der Waals surface area contributed by atoms with E-state index in [4.69, 9.17) is 10.5 Å². The number of nitrogens with one attached hydrogen (secondary N) is 1. The summed E-state index contributed by atoms with van der Waals surface area (Å²) in [6.07, 6.45) is 1.32. The van der Waals surface area contributed by atoms with Gasteiger partial charge in [-0.1, -0.05) is 0 Å². The highest BCUT2D eigenvalue weighted by molar-refractivity contribution is 5.76. The van der Waals surface area contributed by atoms with E-state index in [1.165, 1.54) is 0 Å². The zero-order valence-electron chi connectivity index (χ0n) is 9.41. The minimum atomic E-state index is -0.878. The number of nitrogens with two attached hydrogens (primary N) is 1. The molecule has 0 aromatic carbocycles. The molecule has 1 aromatic rings. The summed E-state index contributed by atoms with van der Waals surface area (Å²) in [6.45, 7) is 1.84. The van der Waals surface area contributed by atoms with Crippen LogP contribution >= 0.6 is 0 Å². The molecule has 6 heteroatoms. The summed E-state index contributed by atoms with van der Waals surface area (Å²) in [4.78, 5) is 13.6. The van der Waals surface area contributed by atoms with Crippen molar-refractivity contribution < 1.29 is 19.7 Å². The Kier molecular flexibility index (Phi) is 1.70. The second-order valence-electron chi connectivity index (χ2n) is 5.04. The van der Waals surface area contributed by atoms with Crippen molar-refractivity contribution in [3.8, 4) is 11.8 Å². The highest BCUT2D eigenvalue weighted by Gasteiger charge is 2.61. The van der Waals surface area contributed by atoms with E-state index in [-0.39, 0.29) is 18.2 Å². The maximum atomic E-state index is 11.2. The SMILES string of the molecule is CC12CCC(CC(N)=O)(O1)c1c(O)[nH]c(O)c12. The topological polar surface area (TPSA) is 109 Å². The summed E-state index contributed by atoms with van der Waals surface area (Å²) in [5.74, 6) is -0.713. The lowest BCUT2D eigenvalue weighted by Crippen LogP contribution is -2.29. The third kappa shape index (κ3) is 1.10. The molecule has 3 rings (SSSR count). The van der Waals surface area contributed by atoms with E-state index in [0.717, 1.165) is 0 Å². The smallest absolute Gasteiger partial charge is 0.220 e. The van der Waals surface area contributed by atoms with E-state index in [0.29, 0.717) is 24.0 Å². The van der Waals surface area contributed by atoms with Crippen LogP contribution in [0.1, 0.15) is 37.3 Å². The fraction of sp³-hybridized carbons (Fsp3) is 0.545. The lowest BCUT2D eigenvalue weighted by atomic mass is 9.77. The molecule has 5 N–H and O–H groups in total. The average molecular weight is 238 g/mol. The largest absolute Gasteiger partial charge is 0.494 e. The van der Waals surface area contributed by atoms with Crippen molar-refractivity contribution in [3.63, 3.8) is 0 Å². The number of fused-ring (bicyclic) bond motifs is 5. The van der Waals surface area contributed by atoms with Crippen LogP contribution in [0.2, 0.25) is 0 Å². The van der Waals surface area contributed by atoms with Gasteiger partial charge in [0.25, 0.3) is 0 Å². The molecule has 0 spiro atoms. The fourth-order valence-corrected chi connectivity index (χ4v) is 3.25. The number of aromatic amines is 1. The first kappa shape index (κ1) is 10.5. The Balaban J connectivity index is 2.21. The van der Waals surface area contributed by atoms with Gasteiger partial charge in [-0.05, 0) is 19.8 Å². The molecule has 2 unspecified atom stereocenters. The molecule has 1 amide bonds. The summed E-state index contributed by atoms with van der Waals surface area (Å²) in [5.41, 5.74) is 4.76. The second-order valence-corrected chi connectivity index (χ2v) is 5.04.